The highest BCUT2D eigenvalue weighted by Gasteiger charge is 2.32. The van der Waals surface area contributed by atoms with Gasteiger partial charge in [0.1, 0.15) is 11.4 Å². The van der Waals surface area contributed by atoms with Crippen molar-refractivity contribution in [3.05, 3.63) is 31.3 Å². The van der Waals surface area contributed by atoms with Crippen LogP contribution in [0.4, 0.5) is 0 Å². The molecule has 3 rings (SSSR count). The van der Waals surface area contributed by atoms with E-state index in [0.717, 1.165) is 15.0 Å². The van der Waals surface area contributed by atoms with E-state index < -0.39 is 23.8 Å². The molecule has 0 aliphatic carbocycles. The summed E-state index contributed by atoms with van der Waals surface area (Å²) in [6.07, 6.45) is 0.585. The maximum atomic E-state index is 13.1. The van der Waals surface area contributed by atoms with Gasteiger partial charge < -0.3 is 14.4 Å². The van der Waals surface area contributed by atoms with Crippen LogP contribution in [0.15, 0.2) is 9.59 Å². The summed E-state index contributed by atoms with van der Waals surface area (Å²) in [4.78, 5) is 41.5. The summed E-state index contributed by atoms with van der Waals surface area (Å²) in [5.41, 5.74) is -0.380. The van der Waals surface area contributed by atoms with E-state index >= 15 is 0 Å². The predicted octanol–water partition coefficient (Wildman–Crippen LogP) is 0.811. The van der Waals surface area contributed by atoms with E-state index in [0.29, 0.717) is 36.3 Å². The van der Waals surface area contributed by atoms with E-state index in [1.165, 1.54) is 18.4 Å². The summed E-state index contributed by atoms with van der Waals surface area (Å²) < 4.78 is 13.1. The van der Waals surface area contributed by atoms with Crippen LogP contribution in [0.5, 0.6) is 0 Å². The number of aromatic nitrogens is 2. The van der Waals surface area contributed by atoms with E-state index in [4.69, 9.17) is 4.74 Å². The normalized spacial score (nSPS) is 15.9. The predicted molar refractivity (Wildman–Crippen MR) is 103 cm³/mol. The quantitative estimate of drug-likeness (QED) is 0.697. The van der Waals surface area contributed by atoms with Gasteiger partial charge in [0.25, 0.3) is 5.56 Å². The van der Waals surface area contributed by atoms with Crippen molar-refractivity contribution in [3.63, 3.8) is 0 Å². The van der Waals surface area contributed by atoms with Crippen molar-refractivity contribution in [2.24, 2.45) is 0 Å². The zero-order valence-electron chi connectivity index (χ0n) is 16.3. The third-order valence-corrected chi connectivity index (χ3v) is 5.95. The van der Waals surface area contributed by atoms with E-state index in [1.54, 1.807) is 4.57 Å². The number of carbonyl (C=O) groups excluding carboxylic acids is 1. The van der Waals surface area contributed by atoms with E-state index in [-0.39, 0.29) is 5.60 Å². The molecule has 0 saturated heterocycles. The van der Waals surface area contributed by atoms with Crippen LogP contribution >= 0.6 is 11.3 Å². The van der Waals surface area contributed by atoms with E-state index in [2.05, 4.69) is 4.74 Å². The Morgan fingerprint density at radius 3 is 2.63 bits per heavy atom. The first-order chi connectivity index (χ1) is 12.6. The average Bonchev–Trinajstić information content (AvgIpc) is 2.95. The minimum atomic E-state index is -0.625. The third-order valence-electron chi connectivity index (χ3n) is 4.72. The fraction of sp³-hybridized carbons (Fsp3) is 0.611. The number of hydrogen-bond donors (Lipinski definition) is 0. The molecule has 0 atom stereocenters. The maximum Gasteiger partial charge on any atom is 0.332 e. The lowest BCUT2D eigenvalue weighted by atomic mass is 9.94. The summed E-state index contributed by atoms with van der Waals surface area (Å²) in [5, 5.41) is 0.522. The molecule has 148 valence electrons. The van der Waals surface area contributed by atoms with Crippen LogP contribution in [0.1, 0.15) is 24.3 Å². The largest absolute Gasteiger partial charge is 0.468 e. The Bertz CT molecular complexity index is 999. The highest BCUT2D eigenvalue weighted by Crippen LogP contribution is 2.37. The molecule has 9 heteroatoms. The molecule has 0 spiro atoms. The van der Waals surface area contributed by atoms with Gasteiger partial charge in [-0.1, -0.05) is 0 Å². The zero-order valence-corrected chi connectivity index (χ0v) is 17.1. The molecule has 1 aliphatic rings. The number of esters is 1. The lowest BCUT2D eigenvalue weighted by molar-refractivity contribution is -0.141. The van der Waals surface area contributed by atoms with Gasteiger partial charge in [-0.2, -0.15) is 0 Å². The molecule has 0 fully saturated rings. The molecular weight excluding hydrogens is 370 g/mol. The summed E-state index contributed by atoms with van der Waals surface area (Å²) >= 11 is 1.43. The third kappa shape index (κ3) is 3.71. The highest BCUT2D eigenvalue weighted by atomic mass is 32.1. The van der Waals surface area contributed by atoms with Crippen LogP contribution in [-0.2, 0) is 40.4 Å². The first-order valence-electron chi connectivity index (χ1n) is 8.78. The molecule has 27 heavy (non-hydrogen) atoms. The second kappa shape index (κ2) is 7.21. The Labute approximate surface area is 160 Å². The van der Waals surface area contributed by atoms with Crippen molar-refractivity contribution >= 4 is 27.5 Å². The fourth-order valence-electron chi connectivity index (χ4n) is 3.23. The molecule has 0 amide bonds. The first kappa shape index (κ1) is 19.8. The summed E-state index contributed by atoms with van der Waals surface area (Å²) in [7, 11) is 5.08. The SMILES string of the molecule is COC(=O)Cn1c(=O)c2c3c(sc2n(CCN(C)C)c1=O)COC(C)(C)C3. The Balaban J connectivity index is 2.28. The standard InChI is InChI=1S/C18H25N3O5S/c1-18(2)8-11-12(10-26-18)27-16-14(11)15(23)21(9-13(22)25-5)17(24)20(16)7-6-19(3)4/h6-10H2,1-5H3. The number of nitrogens with zero attached hydrogens (tertiary/aromatic N) is 3. The zero-order chi connectivity index (χ0) is 19.9. The summed E-state index contributed by atoms with van der Waals surface area (Å²) in [6.45, 7) is 5.04. The lowest BCUT2D eigenvalue weighted by Gasteiger charge is -2.29. The first-order valence-corrected chi connectivity index (χ1v) is 9.59. The molecule has 1 aliphatic heterocycles. The second-order valence-corrected chi connectivity index (χ2v) is 8.70. The molecule has 0 unspecified atom stereocenters. The van der Waals surface area contributed by atoms with Crippen molar-refractivity contribution in [2.45, 2.75) is 45.6 Å². The molecular formula is C18H25N3O5S. The molecule has 0 saturated carbocycles. The van der Waals surface area contributed by atoms with Gasteiger partial charge >= 0.3 is 11.7 Å². The number of fused-ring (bicyclic) bond motifs is 3. The number of rotatable bonds is 5. The van der Waals surface area contributed by atoms with Crippen LogP contribution in [0, 0.1) is 0 Å². The molecule has 0 N–H and O–H groups in total. The van der Waals surface area contributed by atoms with Gasteiger partial charge in [-0.25, -0.2) is 9.36 Å². The van der Waals surface area contributed by atoms with Crippen LogP contribution in [0.2, 0.25) is 0 Å². The van der Waals surface area contributed by atoms with Crippen molar-refractivity contribution in [1.29, 1.82) is 0 Å². The minimum Gasteiger partial charge on any atom is -0.468 e. The van der Waals surface area contributed by atoms with Gasteiger partial charge in [0.2, 0.25) is 0 Å². The van der Waals surface area contributed by atoms with Crippen LogP contribution in [0.3, 0.4) is 0 Å². The van der Waals surface area contributed by atoms with Gasteiger partial charge in [0.15, 0.2) is 0 Å². The fourth-order valence-corrected chi connectivity index (χ4v) is 4.48. The smallest absolute Gasteiger partial charge is 0.332 e. The molecule has 3 heterocycles. The molecule has 0 bridgehead atoms. The van der Waals surface area contributed by atoms with Crippen molar-refractivity contribution in [1.82, 2.24) is 14.0 Å². The second-order valence-electron chi connectivity index (χ2n) is 7.61. The van der Waals surface area contributed by atoms with Crippen molar-refractivity contribution in [3.8, 4) is 0 Å². The molecule has 8 nitrogen and oxygen atoms in total. The van der Waals surface area contributed by atoms with E-state index in [9.17, 15) is 14.4 Å². The van der Waals surface area contributed by atoms with Crippen molar-refractivity contribution < 1.29 is 14.3 Å². The Kier molecular flexibility index (Phi) is 5.29. The Hall–Kier alpha value is -1.97. The van der Waals surface area contributed by atoms with Gasteiger partial charge in [0.05, 0.1) is 24.7 Å². The number of methoxy groups -OCH3 is 1. The lowest BCUT2D eigenvalue weighted by Crippen LogP contribution is -2.43. The Morgan fingerprint density at radius 1 is 1.30 bits per heavy atom. The Morgan fingerprint density at radius 2 is 2.00 bits per heavy atom. The summed E-state index contributed by atoms with van der Waals surface area (Å²) in [6, 6.07) is 0. The number of carbonyl (C=O) groups is 1. The number of thiophene rings is 1. The number of hydrogen-bond acceptors (Lipinski definition) is 7. The van der Waals surface area contributed by atoms with Crippen LogP contribution in [0.25, 0.3) is 10.2 Å². The van der Waals surface area contributed by atoms with Crippen LogP contribution in [-0.4, -0.2) is 53.4 Å². The molecule has 0 aromatic carbocycles. The van der Waals surface area contributed by atoms with Crippen molar-refractivity contribution in [2.75, 3.05) is 27.7 Å². The molecule has 2 aromatic rings. The molecule has 2 aromatic heterocycles. The van der Waals surface area contributed by atoms with Crippen LogP contribution < -0.4 is 11.2 Å². The number of likely N-dealkylation sites (N-methyl/N-ethyl adjacent to an activating group) is 1. The van der Waals surface area contributed by atoms with Gasteiger partial charge in [-0.05, 0) is 33.5 Å². The highest BCUT2D eigenvalue weighted by molar-refractivity contribution is 7.18. The average molecular weight is 395 g/mol. The number of ether oxygens (including phenoxy) is 2. The summed E-state index contributed by atoms with van der Waals surface area (Å²) in [5.74, 6) is -0.625. The van der Waals surface area contributed by atoms with Gasteiger partial charge in [-0.15, -0.1) is 11.3 Å². The topological polar surface area (TPSA) is 82.8 Å². The minimum absolute atomic E-state index is 0.384. The van der Waals surface area contributed by atoms with Gasteiger partial charge in [0, 0.05) is 24.4 Å². The van der Waals surface area contributed by atoms with Gasteiger partial charge in [-0.3, -0.25) is 14.2 Å². The van der Waals surface area contributed by atoms with E-state index in [1.807, 2.05) is 32.8 Å². The monoisotopic (exact) mass is 395 g/mol. The maximum absolute atomic E-state index is 13.1. The molecule has 0 radical (unpaired) electrons.